The number of hydrogen-bond donors (Lipinski definition) is 2. The van der Waals surface area contributed by atoms with Gasteiger partial charge in [0.25, 0.3) is 0 Å². The van der Waals surface area contributed by atoms with E-state index in [1.165, 1.54) is 10.6 Å². The number of aryl methyl sites for hydroxylation is 1. The van der Waals surface area contributed by atoms with E-state index in [-0.39, 0.29) is 24.7 Å². The molecular weight excluding hydrogens is 260 g/mol. The number of carbonyl (C=O) groups excluding carboxylic acids is 1. The van der Waals surface area contributed by atoms with Crippen LogP contribution >= 0.6 is 0 Å². The Bertz CT molecular complexity index is 619. The minimum atomic E-state index is -1.06. The molecule has 0 aromatic carbocycles. The average Bonchev–Trinajstić information content (AvgIpc) is 2.86. The molecule has 0 aliphatic heterocycles. The van der Waals surface area contributed by atoms with Crippen molar-refractivity contribution in [2.75, 3.05) is 0 Å². The Kier molecular flexibility index (Phi) is 4.09. The van der Waals surface area contributed by atoms with Crippen LogP contribution in [-0.2, 0) is 17.9 Å². The van der Waals surface area contributed by atoms with Gasteiger partial charge in [0.05, 0.1) is 24.1 Å². The van der Waals surface area contributed by atoms with Crippen molar-refractivity contribution in [2.24, 2.45) is 0 Å². The normalized spacial score (nSPS) is 10.2. The van der Waals surface area contributed by atoms with Crippen LogP contribution < -0.4 is 5.32 Å². The lowest BCUT2D eigenvalue weighted by molar-refractivity contribution is -0.121. The summed E-state index contributed by atoms with van der Waals surface area (Å²) in [6.45, 7) is 2.04. The van der Waals surface area contributed by atoms with Crippen LogP contribution in [0, 0.1) is 6.92 Å². The molecule has 0 atom stereocenters. The molecule has 0 saturated carbocycles. The number of carboxylic acid groups (broad SMARTS) is 1. The van der Waals surface area contributed by atoms with Crippen molar-refractivity contribution in [2.45, 2.75) is 20.0 Å². The van der Waals surface area contributed by atoms with Gasteiger partial charge in [-0.05, 0) is 19.1 Å². The van der Waals surface area contributed by atoms with Crippen LogP contribution in [0.3, 0.4) is 0 Å². The van der Waals surface area contributed by atoms with E-state index < -0.39 is 5.97 Å². The molecule has 2 N–H and O–H groups in total. The maximum Gasteiger partial charge on any atom is 0.352 e. The Morgan fingerprint density at radius 2 is 2.15 bits per heavy atom. The molecule has 1 amide bonds. The Labute approximate surface area is 115 Å². The number of rotatable bonds is 5. The molecule has 0 spiro atoms. The van der Waals surface area contributed by atoms with Crippen LogP contribution in [0.25, 0.3) is 0 Å². The molecule has 2 heterocycles. The summed E-state index contributed by atoms with van der Waals surface area (Å²) in [6.07, 6.45) is 4.76. The molecule has 0 unspecified atom stereocenters. The molecule has 0 radical (unpaired) electrons. The van der Waals surface area contributed by atoms with E-state index >= 15 is 0 Å². The van der Waals surface area contributed by atoms with E-state index in [4.69, 9.17) is 5.11 Å². The molecular formula is C13H14N4O3. The molecule has 7 heteroatoms. The summed E-state index contributed by atoms with van der Waals surface area (Å²) in [5.74, 6) is -1.35. The fourth-order valence-corrected chi connectivity index (χ4v) is 1.66. The van der Waals surface area contributed by atoms with Gasteiger partial charge in [0.1, 0.15) is 12.2 Å². The smallest absolute Gasteiger partial charge is 0.352 e. The SMILES string of the molecule is Cc1cnc(CNC(=O)Cn2cccc2C(=O)O)cn1. The van der Waals surface area contributed by atoms with E-state index in [0.29, 0.717) is 5.69 Å². The first-order valence-corrected chi connectivity index (χ1v) is 5.99. The highest BCUT2D eigenvalue weighted by atomic mass is 16.4. The predicted molar refractivity (Wildman–Crippen MR) is 70.0 cm³/mol. The van der Waals surface area contributed by atoms with Crippen LogP contribution in [0.1, 0.15) is 21.9 Å². The van der Waals surface area contributed by atoms with Gasteiger partial charge < -0.3 is 15.0 Å². The van der Waals surface area contributed by atoms with Gasteiger partial charge in [-0.2, -0.15) is 0 Å². The van der Waals surface area contributed by atoms with Crippen molar-refractivity contribution >= 4 is 11.9 Å². The fourth-order valence-electron chi connectivity index (χ4n) is 1.66. The number of carbonyl (C=O) groups is 2. The molecule has 104 valence electrons. The number of nitrogens with one attached hydrogen (secondary N) is 1. The van der Waals surface area contributed by atoms with E-state index in [1.807, 2.05) is 6.92 Å². The van der Waals surface area contributed by atoms with Crippen molar-refractivity contribution in [3.8, 4) is 0 Å². The van der Waals surface area contributed by atoms with E-state index in [2.05, 4.69) is 15.3 Å². The average molecular weight is 274 g/mol. The summed E-state index contributed by atoms with van der Waals surface area (Å²) in [6, 6.07) is 3.03. The monoisotopic (exact) mass is 274 g/mol. The van der Waals surface area contributed by atoms with Gasteiger partial charge in [0.15, 0.2) is 0 Å². The Morgan fingerprint density at radius 3 is 2.80 bits per heavy atom. The van der Waals surface area contributed by atoms with E-state index in [1.54, 1.807) is 24.7 Å². The van der Waals surface area contributed by atoms with Gasteiger partial charge >= 0.3 is 5.97 Å². The van der Waals surface area contributed by atoms with E-state index in [0.717, 1.165) is 5.69 Å². The van der Waals surface area contributed by atoms with Gasteiger partial charge in [-0.3, -0.25) is 14.8 Å². The van der Waals surface area contributed by atoms with Gasteiger partial charge in [-0.25, -0.2) is 4.79 Å². The summed E-state index contributed by atoms with van der Waals surface area (Å²) in [5, 5.41) is 11.6. The second kappa shape index (κ2) is 5.96. The van der Waals surface area contributed by atoms with Gasteiger partial charge in [-0.1, -0.05) is 0 Å². The lowest BCUT2D eigenvalue weighted by Crippen LogP contribution is -2.28. The van der Waals surface area contributed by atoms with Crippen molar-refractivity contribution < 1.29 is 14.7 Å². The van der Waals surface area contributed by atoms with Crippen molar-refractivity contribution in [3.63, 3.8) is 0 Å². The van der Waals surface area contributed by atoms with Gasteiger partial charge in [-0.15, -0.1) is 0 Å². The number of carboxylic acids is 1. The summed E-state index contributed by atoms with van der Waals surface area (Å²) in [4.78, 5) is 30.8. The predicted octanol–water partition coefficient (Wildman–Crippen LogP) is 0.601. The fraction of sp³-hybridized carbons (Fsp3) is 0.231. The second-order valence-corrected chi connectivity index (χ2v) is 4.25. The van der Waals surface area contributed by atoms with Crippen LogP contribution in [0.4, 0.5) is 0 Å². The third-order valence-electron chi connectivity index (χ3n) is 2.66. The Balaban J connectivity index is 1.91. The molecule has 0 saturated heterocycles. The highest BCUT2D eigenvalue weighted by Crippen LogP contribution is 2.02. The number of aromatic nitrogens is 3. The number of nitrogens with zero attached hydrogens (tertiary/aromatic N) is 3. The Morgan fingerprint density at radius 1 is 1.35 bits per heavy atom. The quantitative estimate of drug-likeness (QED) is 0.832. The third-order valence-corrected chi connectivity index (χ3v) is 2.66. The molecule has 0 aliphatic rings. The maximum absolute atomic E-state index is 11.8. The maximum atomic E-state index is 11.8. The number of amides is 1. The lowest BCUT2D eigenvalue weighted by Gasteiger charge is -2.07. The zero-order chi connectivity index (χ0) is 14.5. The number of aromatic carboxylic acids is 1. The minimum Gasteiger partial charge on any atom is -0.477 e. The molecule has 0 aliphatic carbocycles. The molecule has 2 aromatic heterocycles. The molecule has 0 bridgehead atoms. The van der Waals surface area contributed by atoms with Crippen molar-refractivity contribution in [1.29, 1.82) is 0 Å². The van der Waals surface area contributed by atoms with E-state index in [9.17, 15) is 9.59 Å². The summed E-state index contributed by atoms with van der Waals surface area (Å²) < 4.78 is 1.37. The topological polar surface area (TPSA) is 97.1 Å². The highest BCUT2D eigenvalue weighted by molar-refractivity contribution is 5.86. The molecule has 2 aromatic rings. The zero-order valence-corrected chi connectivity index (χ0v) is 10.9. The molecule has 0 fully saturated rings. The Hall–Kier alpha value is -2.70. The largest absolute Gasteiger partial charge is 0.477 e. The van der Waals surface area contributed by atoms with Crippen molar-refractivity contribution in [3.05, 3.63) is 47.8 Å². The molecule has 2 rings (SSSR count). The van der Waals surface area contributed by atoms with Gasteiger partial charge in [0.2, 0.25) is 5.91 Å². The summed E-state index contributed by atoms with van der Waals surface area (Å²) in [5.41, 5.74) is 1.53. The molecule has 7 nitrogen and oxygen atoms in total. The summed E-state index contributed by atoms with van der Waals surface area (Å²) in [7, 11) is 0. The summed E-state index contributed by atoms with van der Waals surface area (Å²) >= 11 is 0. The van der Waals surface area contributed by atoms with Crippen LogP contribution in [-0.4, -0.2) is 31.5 Å². The van der Waals surface area contributed by atoms with Crippen molar-refractivity contribution in [1.82, 2.24) is 19.9 Å². The van der Waals surface area contributed by atoms with Gasteiger partial charge in [0, 0.05) is 12.4 Å². The van der Waals surface area contributed by atoms with Crippen LogP contribution in [0.15, 0.2) is 30.7 Å². The number of hydrogen-bond acceptors (Lipinski definition) is 4. The first kappa shape index (κ1) is 13.7. The highest BCUT2D eigenvalue weighted by Gasteiger charge is 2.11. The lowest BCUT2D eigenvalue weighted by atomic mass is 10.4. The first-order valence-electron chi connectivity index (χ1n) is 5.99. The molecule has 20 heavy (non-hydrogen) atoms. The zero-order valence-electron chi connectivity index (χ0n) is 10.9. The van der Waals surface area contributed by atoms with Crippen LogP contribution in [0.5, 0.6) is 0 Å². The minimum absolute atomic E-state index is 0.0477. The first-order chi connectivity index (χ1) is 9.56. The van der Waals surface area contributed by atoms with Crippen LogP contribution in [0.2, 0.25) is 0 Å². The second-order valence-electron chi connectivity index (χ2n) is 4.25. The third kappa shape index (κ3) is 3.41. The standard InChI is InChI=1S/C13H14N4O3/c1-9-5-15-10(6-14-9)7-16-12(18)8-17-4-2-3-11(17)13(19)20/h2-6H,7-8H2,1H3,(H,16,18)(H,19,20).